The van der Waals surface area contributed by atoms with Crippen molar-refractivity contribution in [2.75, 3.05) is 0 Å². The van der Waals surface area contributed by atoms with E-state index in [0.717, 1.165) is 6.42 Å². The Kier molecular flexibility index (Phi) is 4.82. The van der Waals surface area contributed by atoms with Crippen LogP contribution in [0.3, 0.4) is 0 Å². The van der Waals surface area contributed by atoms with Gasteiger partial charge in [0.25, 0.3) is 0 Å². The molecule has 21 heavy (non-hydrogen) atoms. The van der Waals surface area contributed by atoms with Crippen molar-refractivity contribution in [2.45, 2.75) is 19.8 Å². The number of ether oxygens (including phenoxy) is 1. The predicted octanol–water partition coefficient (Wildman–Crippen LogP) is 3.76. The molecule has 0 radical (unpaired) electrons. The first-order chi connectivity index (χ1) is 10.1. The second-order valence-electron chi connectivity index (χ2n) is 4.58. The minimum absolute atomic E-state index is 0.207. The molecule has 0 N–H and O–H groups in total. The molecule has 2 aromatic rings. The van der Waals surface area contributed by atoms with Crippen LogP contribution in [0.5, 0.6) is 5.75 Å². The van der Waals surface area contributed by atoms with Gasteiger partial charge < -0.3 is 4.74 Å². The molecule has 0 amide bonds. The number of rotatable bonds is 5. The molecule has 0 aliphatic carbocycles. The Balaban J connectivity index is 2.09. The molecule has 0 bridgehead atoms. The Morgan fingerprint density at radius 2 is 1.48 bits per heavy atom. The maximum absolute atomic E-state index is 12.8. The molecular formula is C17H15FO3. The lowest BCUT2D eigenvalue weighted by Crippen LogP contribution is -2.07. The first-order valence-corrected chi connectivity index (χ1v) is 6.71. The molecule has 0 aliphatic heterocycles. The van der Waals surface area contributed by atoms with Crippen LogP contribution in [-0.2, 0) is 4.79 Å². The average Bonchev–Trinajstić information content (AvgIpc) is 2.48. The van der Waals surface area contributed by atoms with E-state index in [0.29, 0.717) is 23.3 Å². The van der Waals surface area contributed by atoms with Crippen LogP contribution in [0, 0.1) is 5.82 Å². The van der Waals surface area contributed by atoms with Gasteiger partial charge in [0, 0.05) is 17.5 Å². The van der Waals surface area contributed by atoms with Crippen molar-refractivity contribution in [3.8, 4) is 5.75 Å². The second-order valence-corrected chi connectivity index (χ2v) is 4.58. The van der Waals surface area contributed by atoms with E-state index in [2.05, 4.69) is 0 Å². The summed E-state index contributed by atoms with van der Waals surface area (Å²) in [4.78, 5) is 23.5. The fourth-order valence-electron chi connectivity index (χ4n) is 1.83. The van der Waals surface area contributed by atoms with Crippen molar-refractivity contribution in [1.29, 1.82) is 0 Å². The highest BCUT2D eigenvalue weighted by Gasteiger charge is 2.10. The maximum atomic E-state index is 12.8. The number of hydrogen-bond acceptors (Lipinski definition) is 3. The molecule has 4 heteroatoms. The van der Waals surface area contributed by atoms with Crippen LogP contribution in [0.15, 0.2) is 48.5 Å². The van der Waals surface area contributed by atoms with Crippen LogP contribution >= 0.6 is 0 Å². The molecule has 3 nitrogen and oxygen atoms in total. The predicted molar refractivity (Wildman–Crippen MR) is 76.8 cm³/mol. The molecule has 0 spiro atoms. The Hall–Kier alpha value is -2.49. The lowest BCUT2D eigenvalue weighted by atomic mass is 10.0. The van der Waals surface area contributed by atoms with E-state index in [1.165, 1.54) is 24.3 Å². The molecular weight excluding hydrogens is 271 g/mol. The fourth-order valence-corrected chi connectivity index (χ4v) is 1.83. The smallest absolute Gasteiger partial charge is 0.311 e. The van der Waals surface area contributed by atoms with Crippen molar-refractivity contribution >= 4 is 11.8 Å². The van der Waals surface area contributed by atoms with Gasteiger partial charge in [-0.2, -0.15) is 0 Å². The maximum Gasteiger partial charge on any atom is 0.311 e. The van der Waals surface area contributed by atoms with E-state index >= 15 is 0 Å². The van der Waals surface area contributed by atoms with Gasteiger partial charge in [0.15, 0.2) is 5.78 Å². The van der Waals surface area contributed by atoms with Crippen LogP contribution in [0.25, 0.3) is 0 Å². The highest BCUT2D eigenvalue weighted by Crippen LogP contribution is 2.16. The van der Waals surface area contributed by atoms with Crippen LogP contribution in [0.2, 0.25) is 0 Å². The van der Waals surface area contributed by atoms with Gasteiger partial charge in [-0.25, -0.2) is 4.39 Å². The molecule has 0 fully saturated rings. The number of carbonyl (C=O) groups excluding carboxylic acids is 2. The molecule has 108 valence electrons. The summed E-state index contributed by atoms with van der Waals surface area (Å²) >= 11 is 0. The SMILES string of the molecule is CCCC(=O)Oc1ccc(C(=O)c2ccc(F)cc2)cc1. The molecule has 2 rings (SSSR count). The second kappa shape index (κ2) is 6.79. The number of benzene rings is 2. The van der Waals surface area contributed by atoms with Crippen molar-refractivity contribution in [3.63, 3.8) is 0 Å². The topological polar surface area (TPSA) is 43.4 Å². The minimum atomic E-state index is -0.385. The Labute approximate surface area is 122 Å². The van der Waals surface area contributed by atoms with Crippen LogP contribution in [-0.4, -0.2) is 11.8 Å². The Morgan fingerprint density at radius 1 is 0.952 bits per heavy atom. The standard InChI is InChI=1S/C17H15FO3/c1-2-3-16(19)21-15-10-6-13(7-11-15)17(20)12-4-8-14(18)9-5-12/h4-11H,2-3H2,1H3. The monoisotopic (exact) mass is 286 g/mol. The zero-order valence-corrected chi connectivity index (χ0v) is 11.6. The summed E-state index contributed by atoms with van der Waals surface area (Å²) in [5, 5.41) is 0. The van der Waals surface area contributed by atoms with Gasteiger partial charge in [0.2, 0.25) is 0 Å². The van der Waals surface area contributed by atoms with Gasteiger partial charge >= 0.3 is 5.97 Å². The highest BCUT2D eigenvalue weighted by atomic mass is 19.1. The first-order valence-electron chi connectivity index (χ1n) is 6.71. The van der Waals surface area contributed by atoms with E-state index in [1.54, 1.807) is 24.3 Å². The zero-order valence-electron chi connectivity index (χ0n) is 11.6. The number of halogens is 1. The average molecular weight is 286 g/mol. The van der Waals surface area contributed by atoms with Gasteiger partial charge in [0.05, 0.1) is 0 Å². The van der Waals surface area contributed by atoms with E-state index in [4.69, 9.17) is 4.74 Å². The highest BCUT2D eigenvalue weighted by molar-refractivity contribution is 6.09. The summed E-state index contributed by atoms with van der Waals surface area (Å²) in [7, 11) is 0. The number of ketones is 1. The van der Waals surface area contributed by atoms with Crippen molar-refractivity contribution < 1.29 is 18.7 Å². The van der Waals surface area contributed by atoms with Gasteiger partial charge in [-0.05, 0) is 55.0 Å². The Bertz CT molecular complexity index is 630. The van der Waals surface area contributed by atoms with Crippen molar-refractivity contribution in [3.05, 3.63) is 65.5 Å². The number of esters is 1. The third-order valence-electron chi connectivity index (χ3n) is 2.91. The lowest BCUT2D eigenvalue weighted by molar-refractivity contribution is -0.134. The van der Waals surface area contributed by atoms with Crippen LogP contribution in [0.1, 0.15) is 35.7 Å². The van der Waals surface area contributed by atoms with Crippen molar-refractivity contribution in [2.24, 2.45) is 0 Å². The van der Waals surface area contributed by atoms with Crippen LogP contribution < -0.4 is 4.74 Å². The van der Waals surface area contributed by atoms with Gasteiger partial charge in [0.1, 0.15) is 11.6 Å². The summed E-state index contributed by atoms with van der Waals surface area (Å²) in [5.74, 6) is -0.481. The largest absolute Gasteiger partial charge is 0.427 e. The minimum Gasteiger partial charge on any atom is -0.427 e. The number of carbonyl (C=O) groups is 2. The normalized spacial score (nSPS) is 10.2. The van der Waals surface area contributed by atoms with Crippen molar-refractivity contribution in [1.82, 2.24) is 0 Å². The van der Waals surface area contributed by atoms with Crippen LogP contribution in [0.4, 0.5) is 4.39 Å². The molecule has 0 unspecified atom stereocenters. The van der Waals surface area contributed by atoms with E-state index < -0.39 is 0 Å². The quantitative estimate of drug-likeness (QED) is 0.477. The molecule has 2 aromatic carbocycles. The van der Waals surface area contributed by atoms with Gasteiger partial charge in [-0.1, -0.05) is 6.92 Å². The summed E-state index contributed by atoms with van der Waals surface area (Å²) in [6.07, 6.45) is 1.08. The molecule has 0 saturated heterocycles. The van der Waals surface area contributed by atoms with E-state index in [1.807, 2.05) is 6.92 Å². The third-order valence-corrected chi connectivity index (χ3v) is 2.91. The zero-order chi connectivity index (χ0) is 15.2. The first kappa shape index (κ1) is 14.9. The number of hydrogen-bond donors (Lipinski definition) is 0. The molecule has 0 heterocycles. The molecule has 0 atom stereocenters. The lowest BCUT2D eigenvalue weighted by Gasteiger charge is -2.05. The summed E-state index contributed by atoms with van der Waals surface area (Å²) in [6.45, 7) is 1.89. The summed E-state index contributed by atoms with van der Waals surface area (Å²) in [5.41, 5.74) is 0.865. The van der Waals surface area contributed by atoms with E-state index in [-0.39, 0.29) is 17.6 Å². The summed E-state index contributed by atoms with van der Waals surface area (Å²) < 4.78 is 17.9. The Morgan fingerprint density at radius 3 is 2.00 bits per heavy atom. The van der Waals surface area contributed by atoms with Gasteiger partial charge in [-0.3, -0.25) is 9.59 Å². The molecule has 0 aliphatic rings. The van der Waals surface area contributed by atoms with E-state index in [9.17, 15) is 14.0 Å². The molecule has 0 aromatic heterocycles. The third kappa shape index (κ3) is 3.99. The fraction of sp³-hybridized carbons (Fsp3) is 0.176. The summed E-state index contributed by atoms with van der Waals surface area (Å²) in [6, 6.07) is 11.7. The molecule has 0 saturated carbocycles. The van der Waals surface area contributed by atoms with Gasteiger partial charge in [-0.15, -0.1) is 0 Å².